The van der Waals surface area contributed by atoms with Crippen LogP contribution in [0.1, 0.15) is 39.5 Å². The lowest BCUT2D eigenvalue weighted by molar-refractivity contribution is 0.143. The van der Waals surface area contributed by atoms with Crippen LogP contribution in [0.25, 0.3) is 0 Å². The minimum absolute atomic E-state index is 0.245. The zero-order valence-electron chi connectivity index (χ0n) is 8.51. The highest BCUT2D eigenvalue weighted by atomic mass is 16.5. The second-order valence-corrected chi connectivity index (χ2v) is 3.81. The molecule has 0 radical (unpaired) electrons. The molecule has 3 nitrogen and oxygen atoms in total. The second kappa shape index (κ2) is 5.10. The van der Waals surface area contributed by atoms with Crippen molar-refractivity contribution in [3.63, 3.8) is 0 Å². The maximum Gasteiger partial charge on any atom is 0.407 e. The van der Waals surface area contributed by atoms with Crippen LogP contribution in [0.5, 0.6) is 0 Å². The number of ether oxygens (including phenoxy) is 1. The Kier molecular flexibility index (Phi) is 4.06. The van der Waals surface area contributed by atoms with Crippen molar-refractivity contribution in [1.82, 2.24) is 5.32 Å². The van der Waals surface area contributed by atoms with Crippen LogP contribution in [-0.2, 0) is 4.74 Å². The fourth-order valence-electron chi connectivity index (χ4n) is 1.23. The molecule has 76 valence electrons. The molecule has 0 aromatic carbocycles. The highest BCUT2D eigenvalue weighted by Crippen LogP contribution is 2.28. The zero-order valence-corrected chi connectivity index (χ0v) is 8.51. The van der Waals surface area contributed by atoms with E-state index in [1.165, 1.54) is 0 Å². The monoisotopic (exact) mass is 185 g/mol. The summed E-state index contributed by atoms with van der Waals surface area (Å²) in [5.74, 6) is 0.642. The summed E-state index contributed by atoms with van der Waals surface area (Å²) in [5.41, 5.74) is 0. The predicted molar refractivity (Wildman–Crippen MR) is 51.6 cm³/mol. The van der Waals surface area contributed by atoms with E-state index >= 15 is 0 Å². The first-order chi connectivity index (χ1) is 6.24. The third-order valence-electron chi connectivity index (χ3n) is 2.39. The van der Waals surface area contributed by atoms with Crippen molar-refractivity contribution >= 4 is 6.09 Å². The van der Waals surface area contributed by atoms with Crippen LogP contribution in [0.4, 0.5) is 4.79 Å². The molecule has 0 aromatic heterocycles. The molecule has 2 atom stereocenters. The highest BCUT2D eigenvalue weighted by Gasteiger charge is 2.34. The van der Waals surface area contributed by atoms with E-state index in [9.17, 15) is 4.79 Å². The Labute approximate surface area is 79.8 Å². The molecule has 1 fully saturated rings. The molecule has 1 aliphatic carbocycles. The van der Waals surface area contributed by atoms with Gasteiger partial charge in [-0.15, -0.1) is 0 Å². The van der Waals surface area contributed by atoms with Gasteiger partial charge in [0.05, 0.1) is 6.61 Å². The first-order valence-corrected chi connectivity index (χ1v) is 5.17. The molecule has 1 aliphatic rings. The average molecular weight is 185 g/mol. The van der Waals surface area contributed by atoms with Gasteiger partial charge in [-0.1, -0.05) is 26.7 Å². The Morgan fingerprint density at radius 3 is 2.77 bits per heavy atom. The number of carbonyl (C=O) groups is 1. The Morgan fingerprint density at radius 1 is 1.54 bits per heavy atom. The Hall–Kier alpha value is -0.730. The van der Waals surface area contributed by atoms with Gasteiger partial charge >= 0.3 is 6.09 Å². The van der Waals surface area contributed by atoms with E-state index in [0.29, 0.717) is 18.6 Å². The summed E-state index contributed by atoms with van der Waals surface area (Å²) in [6.45, 7) is 4.81. The van der Waals surface area contributed by atoms with E-state index in [4.69, 9.17) is 4.74 Å². The van der Waals surface area contributed by atoms with Gasteiger partial charge < -0.3 is 10.1 Å². The topological polar surface area (TPSA) is 38.3 Å². The van der Waals surface area contributed by atoms with Crippen LogP contribution >= 0.6 is 0 Å². The molecule has 1 saturated carbocycles. The molecule has 13 heavy (non-hydrogen) atoms. The van der Waals surface area contributed by atoms with Crippen molar-refractivity contribution in [1.29, 1.82) is 0 Å². The van der Waals surface area contributed by atoms with Gasteiger partial charge in [0.1, 0.15) is 0 Å². The predicted octanol–water partition coefficient (Wildman–Crippen LogP) is 2.31. The number of carbonyl (C=O) groups excluding carboxylic acids is 1. The number of unbranched alkanes of at least 4 members (excludes halogenated alkanes) is 2. The van der Waals surface area contributed by atoms with Crippen LogP contribution in [0, 0.1) is 5.92 Å². The zero-order chi connectivity index (χ0) is 9.68. The van der Waals surface area contributed by atoms with E-state index < -0.39 is 0 Å². The summed E-state index contributed by atoms with van der Waals surface area (Å²) < 4.78 is 4.99. The van der Waals surface area contributed by atoms with E-state index in [1.54, 1.807) is 0 Å². The summed E-state index contributed by atoms with van der Waals surface area (Å²) in [6.07, 6.45) is 4.12. The lowest BCUT2D eigenvalue weighted by atomic mass is 10.3. The van der Waals surface area contributed by atoms with Gasteiger partial charge in [0, 0.05) is 6.04 Å². The fourth-order valence-corrected chi connectivity index (χ4v) is 1.23. The van der Waals surface area contributed by atoms with E-state index in [0.717, 1.165) is 25.7 Å². The highest BCUT2D eigenvalue weighted by molar-refractivity contribution is 5.68. The van der Waals surface area contributed by atoms with Gasteiger partial charge in [0.2, 0.25) is 0 Å². The summed E-state index contributed by atoms with van der Waals surface area (Å²) in [7, 11) is 0. The minimum Gasteiger partial charge on any atom is -0.450 e. The van der Waals surface area contributed by atoms with Crippen molar-refractivity contribution < 1.29 is 9.53 Å². The summed E-state index contributed by atoms with van der Waals surface area (Å²) in [5, 5.41) is 2.82. The van der Waals surface area contributed by atoms with E-state index in [1.807, 2.05) is 0 Å². The van der Waals surface area contributed by atoms with Gasteiger partial charge in [0.15, 0.2) is 0 Å². The normalized spacial score (nSPS) is 25.4. The molecule has 3 heteroatoms. The number of hydrogen-bond donors (Lipinski definition) is 1. The fraction of sp³-hybridized carbons (Fsp3) is 0.900. The van der Waals surface area contributed by atoms with Crippen LogP contribution in [0.2, 0.25) is 0 Å². The maximum absolute atomic E-state index is 11.1. The van der Waals surface area contributed by atoms with Crippen molar-refractivity contribution in [2.75, 3.05) is 6.61 Å². The third kappa shape index (κ3) is 4.15. The lowest BCUT2D eigenvalue weighted by Crippen LogP contribution is -2.27. The lowest BCUT2D eigenvalue weighted by Gasteiger charge is -2.05. The van der Waals surface area contributed by atoms with Gasteiger partial charge in [-0.3, -0.25) is 0 Å². The molecule has 0 aromatic rings. The van der Waals surface area contributed by atoms with Crippen LogP contribution < -0.4 is 5.32 Å². The first-order valence-electron chi connectivity index (χ1n) is 5.17. The number of rotatable bonds is 5. The smallest absolute Gasteiger partial charge is 0.407 e. The van der Waals surface area contributed by atoms with Crippen LogP contribution in [-0.4, -0.2) is 18.7 Å². The van der Waals surface area contributed by atoms with Crippen LogP contribution in [0.15, 0.2) is 0 Å². The van der Waals surface area contributed by atoms with E-state index in [-0.39, 0.29) is 6.09 Å². The number of amides is 1. The van der Waals surface area contributed by atoms with Crippen molar-refractivity contribution in [2.45, 2.75) is 45.6 Å². The molecule has 1 rings (SSSR count). The van der Waals surface area contributed by atoms with Gasteiger partial charge in [-0.2, -0.15) is 0 Å². The number of nitrogens with one attached hydrogen (secondary N) is 1. The van der Waals surface area contributed by atoms with Gasteiger partial charge in [-0.25, -0.2) is 4.79 Å². The second-order valence-electron chi connectivity index (χ2n) is 3.81. The molecule has 1 N–H and O–H groups in total. The quantitative estimate of drug-likeness (QED) is 0.667. The average Bonchev–Trinajstić information content (AvgIpc) is 2.76. The summed E-state index contributed by atoms with van der Waals surface area (Å²) in [4.78, 5) is 11.1. The van der Waals surface area contributed by atoms with E-state index in [2.05, 4.69) is 19.2 Å². The Bertz CT molecular complexity index is 170. The molecule has 1 amide bonds. The molecular weight excluding hydrogens is 166 g/mol. The van der Waals surface area contributed by atoms with Crippen molar-refractivity contribution in [2.24, 2.45) is 5.92 Å². The molecule has 0 bridgehead atoms. The molecule has 0 saturated heterocycles. The SMILES string of the molecule is CCCCCOC(=O)NC1CC1C. The molecule has 0 aliphatic heterocycles. The van der Waals surface area contributed by atoms with Crippen molar-refractivity contribution in [3.05, 3.63) is 0 Å². The largest absolute Gasteiger partial charge is 0.450 e. The summed E-state index contributed by atoms with van der Waals surface area (Å²) in [6, 6.07) is 0.374. The Balaban J connectivity index is 1.92. The van der Waals surface area contributed by atoms with Crippen molar-refractivity contribution in [3.8, 4) is 0 Å². The standard InChI is InChI=1S/C10H19NO2/c1-3-4-5-6-13-10(12)11-9-7-8(9)2/h8-9H,3-7H2,1-2H3,(H,11,12). The molecule has 2 unspecified atom stereocenters. The van der Waals surface area contributed by atoms with Crippen LogP contribution in [0.3, 0.4) is 0 Å². The number of hydrogen-bond acceptors (Lipinski definition) is 2. The molecule has 0 spiro atoms. The summed E-state index contributed by atoms with van der Waals surface area (Å²) >= 11 is 0. The third-order valence-corrected chi connectivity index (χ3v) is 2.39. The maximum atomic E-state index is 11.1. The molecule has 0 heterocycles. The Morgan fingerprint density at radius 2 is 2.23 bits per heavy atom. The molecular formula is C10H19NO2. The minimum atomic E-state index is -0.245. The number of alkyl carbamates (subject to hydrolysis) is 1. The first kappa shape index (κ1) is 10.4. The van der Waals surface area contributed by atoms with Gasteiger partial charge in [-0.05, 0) is 18.8 Å². The van der Waals surface area contributed by atoms with Gasteiger partial charge in [0.25, 0.3) is 0 Å².